The molecule has 0 fully saturated rings. The molecular weight excluding hydrogens is 314 g/mol. The van der Waals surface area contributed by atoms with Crippen molar-refractivity contribution >= 4 is 6.09 Å². The highest BCUT2D eigenvalue weighted by molar-refractivity contribution is 5.67. The molecule has 0 spiro atoms. The first-order valence-corrected chi connectivity index (χ1v) is 8.29. The number of carbonyl (C=O) groups excluding carboxylic acids is 1. The number of ether oxygens (including phenoxy) is 1. The van der Waals surface area contributed by atoms with Crippen molar-refractivity contribution in [1.82, 2.24) is 10.6 Å². The summed E-state index contributed by atoms with van der Waals surface area (Å²) in [6.07, 6.45) is 1.25. The van der Waals surface area contributed by atoms with E-state index in [9.17, 15) is 13.6 Å². The predicted octanol–water partition coefficient (Wildman–Crippen LogP) is 4.31. The summed E-state index contributed by atoms with van der Waals surface area (Å²) in [5.41, 5.74) is -0.0182. The summed E-state index contributed by atoms with van der Waals surface area (Å²) >= 11 is 0. The van der Waals surface area contributed by atoms with Crippen LogP contribution in [0.4, 0.5) is 13.6 Å². The van der Waals surface area contributed by atoms with Gasteiger partial charge in [-0.05, 0) is 51.8 Å². The van der Waals surface area contributed by atoms with Gasteiger partial charge in [-0.2, -0.15) is 0 Å². The maximum atomic E-state index is 13.3. The van der Waals surface area contributed by atoms with Crippen molar-refractivity contribution in [2.45, 2.75) is 65.1 Å². The van der Waals surface area contributed by atoms with Crippen LogP contribution in [-0.2, 0) is 4.74 Å². The van der Waals surface area contributed by atoms with Crippen LogP contribution in [0.15, 0.2) is 18.2 Å². The Hall–Kier alpha value is -1.69. The molecule has 1 amide bonds. The van der Waals surface area contributed by atoms with Gasteiger partial charge in [0.1, 0.15) is 17.2 Å². The molecule has 0 bridgehead atoms. The minimum Gasteiger partial charge on any atom is -0.444 e. The lowest BCUT2D eigenvalue weighted by Crippen LogP contribution is -2.43. The Morgan fingerprint density at radius 3 is 2.29 bits per heavy atom. The van der Waals surface area contributed by atoms with Crippen LogP contribution in [0.25, 0.3) is 0 Å². The Morgan fingerprint density at radius 2 is 1.79 bits per heavy atom. The molecular formula is C18H28F2N2O2. The standard InChI is InChI=1S/C18H28F2N2O2/c1-6-7-16(11-21-17(23)24-18(3,4)5)22-12(2)13-8-14(19)10-15(20)9-13/h8-10,12,16,22H,6-7,11H2,1-5H3,(H,21,23). The number of halogens is 2. The van der Waals surface area contributed by atoms with E-state index >= 15 is 0 Å². The maximum Gasteiger partial charge on any atom is 0.407 e. The van der Waals surface area contributed by atoms with E-state index in [1.165, 1.54) is 12.1 Å². The molecule has 0 saturated carbocycles. The molecule has 1 aromatic rings. The van der Waals surface area contributed by atoms with Crippen molar-refractivity contribution in [3.05, 3.63) is 35.4 Å². The van der Waals surface area contributed by atoms with Crippen LogP contribution in [-0.4, -0.2) is 24.3 Å². The molecule has 0 aromatic heterocycles. The summed E-state index contributed by atoms with van der Waals surface area (Å²) in [6, 6.07) is 3.20. The van der Waals surface area contributed by atoms with Crippen molar-refractivity contribution in [3.8, 4) is 0 Å². The van der Waals surface area contributed by atoms with E-state index in [4.69, 9.17) is 4.74 Å². The van der Waals surface area contributed by atoms with Gasteiger partial charge in [-0.25, -0.2) is 13.6 Å². The highest BCUT2D eigenvalue weighted by Crippen LogP contribution is 2.17. The first kappa shape index (κ1) is 20.4. The van der Waals surface area contributed by atoms with Crippen LogP contribution in [0.1, 0.15) is 59.1 Å². The second kappa shape index (κ2) is 8.97. The van der Waals surface area contributed by atoms with Gasteiger partial charge in [0.15, 0.2) is 0 Å². The van der Waals surface area contributed by atoms with Crippen LogP contribution >= 0.6 is 0 Å². The number of carbonyl (C=O) groups is 1. The summed E-state index contributed by atoms with van der Waals surface area (Å²) in [6.45, 7) is 9.66. The van der Waals surface area contributed by atoms with Gasteiger partial charge in [0.25, 0.3) is 0 Å². The molecule has 0 aliphatic heterocycles. The topological polar surface area (TPSA) is 50.4 Å². The van der Waals surface area contributed by atoms with E-state index in [1.54, 1.807) is 20.8 Å². The Kier molecular flexibility index (Phi) is 7.60. The van der Waals surface area contributed by atoms with Crippen molar-refractivity contribution in [2.24, 2.45) is 0 Å². The molecule has 0 aliphatic carbocycles. The van der Waals surface area contributed by atoms with Gasteiger partial charge in [0.2, 0.25) is 0 Å². The zero-order valence-corrected chi connectivity index (χ0v) is 15.1. The van der Waals surface area contributed by atoms with Crippen molar-refractivity contribution in [3.63, 3.8) is 0 Å². The number of alkyl carbamates (subject to hydrolysis) is 1. The zero-order valence-electron chi connectivity index (χ0n) is 15.1. The smallest absolute Gasteiger partial charge is 0.407 e. The molecule has 1 rings (SSSR count). The molecule has 1 aromatic carbocycles. The fourth-order valence-corrected chi connectivity index (χ4v) is 2.39. The van der Waals surface area contributed by atoms with E-state index in [0.717, 1.165) is 18.9 Å². The summed E-state index contributed by atoms with van der Waals surface area (Å²) in [4.78, 5) is 11.8. The summed E-state index contributed by atoms with van der Waals surface area (Å²) in [7, 11) is 0. The Labute approximate surface area is 143 Å². The van der Waals surface area contributed by atoms with Crippen molar-refractivity contribution in [1.29, 1.82) is 0 Å². The third-order valence-corrected chi connectivity index (χ3v) is 3.40. The molecule has 24 heavy (non-hydrogen) atoms. The highest BCUT2D eigenvalue weighted by atomic mass is 19.1. The molecule has 0 saturated heterocycles. The number of benzene rings is 1. The van der Waals surface area contributed by atoms with Gasteiger partial charge in [0, 0.05) is 24.7 Å². The molecule has 6 heteroatoms. The summed E-state index contributed by atoms with van der Waals surface area (Å²) < 4.78 is 31.9. The maximum absolute atomic E-state index is 13.3. The van der Waals surface area contributed by atoms with Gasteiger partial charge < -0.3 is 15.4 Å². The number of nitrogens with one attached hydrogen (secondary N) is 2. The SMILES string of the molecule is CCCC(CNC(=O)OC(C)(C)C)NC(C)c1cc(F)cc(F)c1. The average Bonchev–Trinajstić information content (AvgIpc) is 2.42. The number of hydrogen-bond donors (Lipinski definition) is 2. The van der Waals surface area contributed by atoms with Crippen molar-refractivity contribution in [2.75, 3.05) is 6.54 Å². The van der Waals surface area contributed by atoms with Crippen LogP contribution in [0.5, 0.6) is 0 Å². The second-order valence-corrected chi connectivity index (χ2v) is 6.96. The molecule has 2 unspecified atom stereocenters. The van der Waals surface area contributed by atoms with Crippen LogP contribution < -0.4 is 10.6 Å². The van der Waals surface area contributed by atoms with Crippen molar-refractivity contribution < 1.29 is 18.3 Å². The van der Waals surface area contributed by atoms with Gasteiger partial charge in [0.05, 0.1) is 0 Å². The Balaban J connectivity index is 2.63. The Bertz CT molecular complexity index is 524. The Morgan fingerprint density at radius 1 is 1.21 bits per heavy atom. The van der Waals surface area contributed by atoms with E-state index in [2.05, 4.69) is 10.6 Å². The molecule has 0 heterocycles. The summed E-state index contributed by atoms with van der Waals surface area (Å²) in [5.74, 6) is -1.20. The fourth-order valence-electron chi connectivity index (χ4n) is 2.39. The van der Waals surface area contributed by atoms with Crippen LogP contribution in [0.2, 0.25) is 0 Å². The monoisotopic (exact) mass is 342 g/mol. The minimum absolute atomic E-state index is 0.0242. The minimum atomic E-state index is -0.599. The summed E-state index contributed by atoms with van der Waals surface area (Å²) in [5, 5.41) is 6.04. The number of rotatable bonds is 7. The number of hydrogen-bond acceptors (Lipinski definition) is 3. The number of amides is 1. The second-order valence-electron chi connectivity index (χ2n) is 6.96. The molecule has 4 nitrogen and oxygen atoms in total. The molecule has 0 aliphatic rings. The lowest BCUT2D eigenvalue weighted by atomic mass is 10.1. The van der Waals surface area contributed by atoms with Crippen LogP contribution in [0.3, 0.4) is 0 Å². The normalized spacial score (nSPS) is 14.1. The highest BCUT2D eigenvalue weighted by Gasteiger charge is 2.19. The third-order valence-electron chi connectivity index (χ3n) is 3.40. The first-order valence-electron chi connectivity index (χ1n) is 8.29. The lowest BCUT2D eigenvalue weighted by Gasteiger charge is -2.25. The molecule has 2 N–H and O–H groups in total. The van der Waals surface area contributed by atoms with Crippen LogP contribution in [0, 0.1) is 11.6 Å². The molecule has 2 atom stereocenters. The zero-order chi connectivity index (χ0) is 18.3. The largest absolute Gasteiger partial charge is 0.444 e. The fraction of sp³-hybridized carbons (Fsp3) is 0.611. The van der Waals surface area contributed by atoms with E-state index in [1.807, 2.05) is 13.8 Å². The first-order chi connectivity index (χ1) is 11.1. The lowest BCUT2D eigenvalue weighted by molar-refractivity contribution is 0.0521. The average molecular weight is 342 g/mol. The van der Waals surface area contributed by atoms with Gasteiger partial charge in [-0.15, -0.1) is 0 Å². The van der Waals surface area contributed by atoms with E-state index in [0.29, 0.717) is 12.1 Å². The quantitative estimate of drug-likeness (QED) is 0.776. The third kappa shape index (κ3) is 7.73. The van der Waals surface area contributed by atoms with Gasteiger partial charge in [-0.3, -0.25) is 0 Å². The van der Waals surface area contributed by atoms with Gasteiger partial charge >= 0.3 is 6.09 Å². The van der Waals surface area contributed by atoms with E-state index in [-0.39, 0.29) is 12.1 Å². The predicted molar refractivity (Wildman–Crippen MR) is 90.8 cm³/mol. The van der Waals surface area contributed by atoms with E-state index < -0.39 is 23.3 Å². The van der Waals surface area contributed by atoms with Gasteiger partial charge in [-0.1, -0.05) is 13.3 Å². The molecule has 136 valence electrons. The molecule has 0 radical (unpaired) electrons.